The molecule has 6 nitrogen and oxygen atoms in total. The number of aromatic nitrogens is 1. The zero-order valence-corrected chi connectivity index (χ0v) is 11.2. The summed E-state index contributed by atoms with van der Waals surface area (Å²) in [5.41, 5.74) is 1.32. The van der Waals surface area contributed by atoms with Crippen molar-refractivity contribution in [2.45, 2.75) is 13.0 Å². The number of hydrogen-bond donors (Lipinski definition) is 1. The van der Waals surface area contributed by atoms with Crippen LogP contribution in [-0.4, -0.2) is 9.49 Å². The van der Waals surface area contributed by atoms with Crippen molar-refractivity contribution in [3.05, 3.63) is 68.6 Å². The van der Waals surface area contributed by atoms with Crippen LogP contribution in [0.25, 0.3) is 0 Å². The topological polar surface area (TPSA) is 77.2 Å². The Balaban J connectivity index is 2.28. The number of hydrogen-bond acceptors (Lipinski definition) is 4. The van der Waals surface area contributed by atoms with Crippen LogP contribution < -0.4 is 10.9 Å². The van der Waals surface area contributed by atoms with Crippen LogP contribution in [0.4, 0.5) is 11.4 Å². The summed E-state index contributed by atoms with van der Waals surface area (Å²) >= 11 is 0. The third-order valence-corrected chi connectivity index (χ3v) is 3.07. The number of aryl methyl sites for hydroxylation is 1. The van der Waals surface area contributed by atoms with Crippen molar-refractivity contribution in [3.63, 3.8) is 0 Å². The fourth-order valence-corrected chi connectivity index (χ4v) is 2.03. The molecule has 2 rings (SSSR count). The van der Waals surface area contributed by atoms with Crippen LogP contribution in [0.15, 0.2) is 47.4 Å². The molecule has 1 aromatic carbocycles. The van der Waals surface area contributed by atoms with E-state index in [-0.39, 0.29) is 17.3 Å². The van der Waals surface area contributed by atoms with Gasteiger partial charge in [0.25, 0.3) is 5.69 Å². The summed E-state index contributed by atoms with van der Waals surface area (Å²) in [5.74, 6) is 0. The molecular formula is C14H15N3O3. The normalized spacial score (nSPS) is 11.9. The Bertz CT molecular complexity index is 694. The van der Waals surface area contributed by atoms with Crippen LogP contribution in [0.1, 0.15) is 18.5 Å². The molecule has 0 radical (unpaired) electrons. The minimum atomic E-state index is -0.395. The van der Waals surface area contributed by atoms with Crippen molar-refractivity contribution in [2.75, 3.05) is 5.32 Å². The Morgan fingerprint density at radius 1 is 1.25 bits per heavy atom. The average molecular weight is 273 g/mol. The molecule has 0 amide bonds. The van der Waals surface area contributed by atoms with Crippen molar-refractivity contribution < 1.29 is 4.92 Å². The first kappa shape index (κ1) is 13.8. The van der Waals surface area contributed by atoms with Crippen LogP contribution in [0, 0.1) is 10.1 Å². The number of benzene rings is 1. The highest BCUT2D eigenvalue weighted by Crippen LogP contribution is 2.26. The Morgan fingerprint density at radius 2 is 1.95 bits per heavy atom. The van der Waals surface area contributed by atoms with Gasteiger partial charge in [0.1, 0.15) is 0 Å². The Kier molecular flexibility index (Phi) is 3.84. The molecule has 6 heteroatoms. The van der Waals surface area contributed by atoms with E-state index in [1.165, 1.54) is 16.7 Å². The fourth-order valence-electron chi connectivity index (χ4n) is 2.03. The van der Waals surface area contributed by atoms with Crippen LogP contribution in [0.2, 0.25) is 0 Å². The number of anilines is 1. The molecule has 1 aromatic heterocycles. The van der Waals surface area contributed by atoms with E-state index in [2.05, 4.69) is 5.32 Å². The van der Waals surface area contributed by atoms with Gasteiger partial charge >= 0.3 is 0 Å². The number of para-hydroxylation sites is 1. The molecule has 0 aliphatic rings. The molecule has 1 N–H and O–H groups in total. The zero-order chi connectivity index (χ0) is 14.7. The predicted octanol–water partition coefficient (Wildman–Crippen LogP) is 2.47. The fraction of sp³-hybridized carbons (Fsp3) is 0.214. The first-order valence-electron chi connectivity index (χ1n) is 6.15. The van der Waals surface area contributed by atoms with Gasteiger partial charge in [-0.15, -0.1) is 0 Å². The molecule has 1 atom stereocenters. The molecule has 1 heterocycles. The number of rotatable bonds is 4. The molecule has 0 aliphatic carbocycles. The van der Waals surface area contributed by atoms with Gasteiger partial charge in [0.05, 0.1) is 22.2 Å². The van der Waals surface area contributed by atoms with Crippen molar-refractivity contribution in [1.82, 2.24) is 4.57 Å². The maximum Gasteiger partial charge on any atom is 0.274 e. The van der Waals surface area contributed by atoms with Gasteiger partial charge in [0, 0.05) is 25.4 Å². The van der Waals surface area contributed by atoms with E-state index in [0.717, 1.165) is 5.69 Å². The Morgan fingerprint density at radius 3 is 2.60 bits per heavy atom. The summed E-state index contributed by atoms with van der Waals surface area (Å²) in [7, 11) is 1.66. The van der Waals surface area contributed by atoms with Crippen molar-refractivity contribution in [1.29, 1.82) is 0 Å². The van der Waals surface area contributed by atoms with Gasteiger partial charge in [0.2, 0.25) is 5.56 Å². The van der Waals surface area contributed by atoms with E-state index in [9.17, 15) is 14.9 Å². The van der Waals surface area contributed by atoms with Crippen LogP contribution in [-0.2, 0) is 7.05 Å². The monoisotopic (exact) mass is 273 g/mol. The molecule has 2 aromatic rings. The number of pyridine rings is 1. The van der Waals surface area contributed by atoms with Gasteiger partial charge in [-0.05, 0) is 13.0 Å². The summed E-state index contributed by atoms with van der Waals surface area (Å²) in [6, 6.07) is 9.48. The molecule has 0 saturated carbocycles. The lowest BCUT2D eigenvalue weighted by Gasteiger charge is -2.16. The minimum Gasteiger partial charge on any atom is -0.377 e. The van der Waals surface area contributed by atoms with Crippen molar-refractivity contribution in [2.24, 2.45) is 7.05 Å². The highest BCUT2D eigenvalue weighted by Gasteiger charge is 2.17. The summed E-state index contributed by atoms with van der Waals surface area (Å²) in [5, 5.41) is 14.2. The third-order valence-electron chi connectivity index (χ3n) is 3.07. The first-order chi connectivity index (χ1) is 9.49. The summed E-state index contributed by atoms with van der Waals surface area (Å²) in [6.07, 6.45) is 1.66. The summed E-state index contributed by atoms with van der Waals surface area (Å²) in [4.78, 5) is 21.9. The quantitative estimate of drug-likeness (QED) is 0.685. The van der Waals surface area contributed by atoms with E-state index in [1.54, 1.807) is 37.5 Å². The largest absolute Gasteiger partial charge is 0.377 e. The van der Waals surface area contributed by atoms with Crippen LogP contribution >= 0.6 is 0 Å². The molecule has 104 valence electrons. The molecule has 0 aliphatic heterocycles. The molecule has 0 spiro atoms. The zero-order valence-electron chi connectivity index (χ0n) is 11.2. The highest BCUT2D eigenvalue weighted by atomic mass is 16.6. The predicted molar refractivity (Wildman–Crippen MR) is 76.8 cm³/mol. The summed E-state index contributed by atoms with van der Waals surface area (Å²) in [6.45, 7) is 1.84. The number of nitrogens with zero attached hydrogens (tertiary/aromatic N) is 2. The van der Waals surface area contributed by atoms with Gasteiger partial charge in [-0.3, -0.25) is 14.9 Å². The summed E-state index contributed by atoms with van der Waals surface area (Å²) < 4.78 is 1.45. The maximum absolute atomic E-state index is 11.3. The molecule has 20 heavy (non-hydrogen) atoms. The van der Waals surface area contributed by atoms with E-state index in [1.807, 2.05) is 6.92 Å². The number of nitrogens with one attached hydrogen (secondary N) is 1. The first-order valence-corrected chi connectivity index (χ1v) is 6.15. The lowest BCUT2D eigenvalue weighted by atomic mass is 10.1. The van der Waals surface area contributed by atoms with Gasteiger partial charge < -0.3 is 9.88 Å². The van der Waals surface area contributed by atoms with E-state index in [4.69, 9.17) is 0 Å². The third kappa shape index (κ3) is 2.85. The van der Waals surface area contributed by atoms with E-state index in [0.29, 0.717) is 5.56 Å². The van der Waals surface area contributed by atoms with Gasteiger partial charge in [-0.1, -0.05) is 18.2 Å². The van der Waals surface area contributed by atoms with E-state index < -0.39 is 4.92 Å². The molecule has 1 unspecified atom stereocenters. The van der Waals surface area contributed by atoms with Gasteiger partial charge in [0.15, 0.2) is 0 Å². The second kappa shape index (κ2) is 5.56. The standard InChI is InChI=1S/C14H15N3O3/c1-10(12-5-3-4-6-13(12)17(19)20)15-11-7-8-14(18)16(2)9-11/h3-10,15H,1-2H3. The van der Waals surface area contributed by atoms with Crippen LogP contribution in [0.3, 0.4) is 0 Å². The number of nitro groups is 1. The molecule has 0 bridgehead atoms. The average Bonchev–Trinajstić information content (AvgIpc) is 2.43. The smallest absolute Gasteiger partial charge is 0.274 e. The lowest BCUT2D eigenvalue weighted by molar-refractivity contribution is -0.385. The molecule has 0 fully saturated rings. The maximum atomic E-state index is 11.3. The van der Waals surface area contributed by atoms with Gasteiger partial charge in [-0.2, -0.15) is 0 Å². The van der Waals surface area contributed by atoms with Crippen LogP contribution in [0.5, 0.6) is 0 Å². The SMILES string of the molecule is CC(Nc1ccc(=O)n(C)c1)c1ccccc1[N+](=O)[O-]. The number of nitro benzene ring substituents is 1. The molecular weight excluding hydrogens is 258 g/mol. The molecule has 0 saturated heterocycles. The minimum absolute atomic E-state index is 0.0809. The Labute approximate surface area is 115 Å². The lowest BCUT2D eigenvalue weighted by Crippen LogP contribution is -2.16. The second-order valence-electron chi connectivity index (χ2n) is 4.55. The van der Waals surface area contributed by atoms with Crippen molar-refractivity contribution in [3.8, 4) is 0 Å². The Hall–Kier alpha value is -2.63. The van der Waals surface area contributed by atoms with Crippen molar-refractivity contribution >= 4 is 11.4 Å². The van der Waals surface area contributed by atoms with E-state index >= 15 is 0 Å². The second-order valence-corrected chi connectivity index (χ2v) is 4.55. The highest BCUT2D eigenvalue weighted by molar-refractivity contribution is 5.48. The van der Waals surface area contributed by atoms with Gasteiger partial charge in [-0.25, -0.2) is 0 Å².